The van der Waals surface area contributed by atoms with Gasteiger partial charge in [-0.2, -0.15) is 13.2 Å². The molecule has 3 rings (SSSR count). The summed E-state index contributed by atoms with van der Waals surface area (Å²) in [7, 11) is 0. The summed E-state index contributed by atoms with van der Waals surface area (Å²) >= 11 is 0. The molecule has 4 N–H and O–H groups in total. The van der Waals surface area contributed by atoms with E-state index in [4.69, 9.17) is 5.73 Å². The molecule has 1 aliphatic rings. The van der Waals surface area contributed by atoms with Gasteiger partial charge >= 0.3 is 6.18 Å². The summed E-state index contributed by atoms with van der Waals surface area (Å²) in [5, 5.41) is 5.21. The third-order valence-corrected chi connectivity index (χ3v) is 5.51. The van der Waals surface area contributed by atoms with Crippen molar-refractivity contribution in [2.45, 2.75) is 38.5 Å². The highest BCUT2D eigenvalue weighted by atomic mass is 19.4. The largest absolute Gasteiger partial charge is 0.416 e. The lowest BCUT2D eigenvalue weighted by molar-refractivity contribution is -0.137. The monoisotopic (exact) mass is 448 g/mol. The first-order valence-electron chi connectivity index (χ1n) is 10.5. The van der Waals surface area contributed by atoms with E-state index in [0.29, 0.717) is 12.6 Å². The van der Waals surface area contributed by atoms with E-state index in [9.17, 15) is 22.8 Å². The van der Waals surface area contributed by atoms with E-state index in [2.05, 4.69) is 46.7 Å². The van der Waals surface area contributed by atoms with Crippen LogP contribution in [0, 0.1) is 0 Å². The number of nitrogens with two attached hydrogens (primary N) is 1. The fourth-order valence-electron chi connectivity index (χ4n) is 3.70. The number of halogens is 3. The van der Waals surface area contributed by atoms with Gasteiger partial charge in [-0.05, 0) is 42.2 Å². The number of nitrogen functional groups attached to an aromatic ring is 1. The molecule has 0 unspecified atom stereocenters. The van der Waals surface area contributed by atoms with E-state index in [1.54, 1.807) is 0 Å². The molecule has 172 valence electrons. The topological polar surface area (TPSA) is 87.5 Å². The van der Waals surface area contributed by atoms with Crippen LogP contribution in [0.4, 0.5) is 18.9 Å². The average molecular weight is 448 g/mol. The molecule has 1 saturated heterocycles. The number of carbonyl (C=O) groups excluding carboxylic acids is 2. The van der Waals surface area contributed by atoms with Crippen LogP contribution in [-0.2, 0) is 23.9 Å². The van der Waals surface area contributed by atoms with E-state index >= 15 is 0 Å². The second-order valence-electron chi connectivity index (χ2n) is 7.94. The van der Waals surface area contributed by atoms with Gasteiger partial charge in [0.2, 0.25) is 5.91 Å². The predicted molar refractivity (Wildman–Crippen MR) is 116 cm³/mol. The minimum Gasteiger partial charge on any atom is -0.398 e. The Hall–Kier alpha value is -3.07. The number of carbonyl (C=O) groups is 2. The molecule has 0 spiro atoms. The van der Waals surface area contributed by atoms with Crippen LogP contribution in [-0.4, -0.2) is 42.4 Å². The number of nitrogens with one attached hydrogen (secondary N) is 2. The molecule has 2 aromatic rings. The average Bonchev–Trinajstić information content (AvgIpc) is 3.18. The predicted octanol–water partition coefficient (Wildman–Crippen LogP) is 2.97. The summed E-state index contributed by atoms with van der Waals surface area (Å²) in [6.45, 7) is 4.09. The van der Waals surface area contributed by atoms with Crippen molar-refractivity contribution in [3.05, 3.63) is 64.7 Å². The second kappa shape index (κ2) is 10.0. The Balaban J connectivity index is 1.46. The maximum Gasteiger partial charge on any atom is 0.416 e. The van der Waals surface area contributed by atoms with E-state index in [1.165, 1.54) is 11.1 Å². The van der Waals surface area contributed by atoms with Crippen LogP contribution in [0.1, 0.15) is 40.4 Å². The van der Waals surface area contributed by atoms with Crippen LogP contribution in [0.25, 0.3) is 0 Å². The molecular formula is C23H27F3N4O2. The Kier molecular flexibility index (Phi) is 7.40. The maximum absolute atomic E-state index is 12.9. The Bertz CT molecular complexity index is 961. The zero-order chi connectivity index (χ0) is 23.3. The molecule has 1 heterocycles. The van der Waals surface area contributed by atoms with Gasteiger partial charge in [-0.15, -0.1) is 0 Å². The summed E-state index contributed by atoms with van der Waals surface area (Å²) in [6, 6.07) is 10.9. The van der Waals surface area contributed by atoms with Crippen molar-refractivity contribution in [3.63, 3.8) is 0 Å². The quantitative estimate of drug-likeness (QED) is 0.569. The first-order chi connectivity index (χ1) is 15.2. The molecule has 6 nitrogen and oxygen atoms in total. The van der Waals surface area contributed by atoms with Crippen molar-refractivity contribution in [2.24, 2.45) is 0 Å². The van der Waals surface area contributed by atoms with Gasteiger partial charge in [0, 0.05) is 31.4 Å². The van der Waals surface area contributed by atoms with Crippen molar-refractivity contribution in [1.82, 2.24) is 15.5 Å². The molecule has 1 fully saturated rings. The Morgan fingerprint density at radius 1 is 1.12 bits per heavy atom. The zero-order valence-corrected chi connectivity index (χ0v) is 17.8. The molecular weight excluding hydrogens is 421 g/mol. The number of nitrogens with zero attached hydrogens (tertiary/aromatic N) is 1. The summed E-state index contributed by atoms with van der Waals surface area (Å²) in [5.74, 6) is -1.23. The highest BCUT2D eigenvalue weighted by molar-refractivity contribution is 6.00. The number of rotatable bonds is 7. The fraction of sp³-hybridized carbons (Fsp3) is 0.391. The summed E-state index contributed by atoms with van der Waals surface area (Å²) < 4.78 is 38.6. The second-order valence-corrected chi connectivity index (χ2v) is 7.94. The molecule has 1 aliphatic heterocycles. The van der Waals surface area contributed by atoms with Crippen LogP contribution in [0.15, 0.2) is 42.5 Å². The van der Waals surface area contributed by atoms with Gasteiger partial charge in [0.05, 0.1) is 17.7 Å². The molecule has 0 aromatic heterocycles. The molecule has 0 bridgehead atoms. The number of anilines is 1. The summed E-state index contributed by atoms with van der Waals surface area (Å²) in [4.78, 5) is 26.7. The van der Waals surface area contributed by atoms with Gasteiger partial charge in [0.1, 0.15) is 0 Å². The minimum atomic E-state index is -4.59. The smallest absolute Gasteiger partial charge is 0.398 e. The van der Waals surface area contributed by atoms with Gasteiger partial charge in [-0.3, -0.25) is 14.5 Å². The SMILES string of the molecule is CCc1ccc(CN2CC[C@@H](NC(=O)CNC(=O)c3cc(C(F)(F)F)ccc3N)C2)cc1. The van der Waals surface area contributed by atoms with Crippen molar-refractivity contribution in [1.29, 1.82) is 0 Å². The van der Waals surface area contributed by atoms with Gasteiger partial charge in [0.15, 0.2) is 0 Å². The van der Waals surface area contributed by atoms with E-state index in [1.807, 2.05) is 0 Å². The first-order valence-corrected chi connectivity index (χ1v) is 10.5. The molecule has 32 heavy (non-hydrogen) atoms. The maximum atomic E-state index is 12.9. The van der Waals surface area contributed by atoms with Crippen molar-refractivity contribution >= 4 is 17.5 Å². The minimum absolute atomic E-state index is 0.0482. The Morgan fingerprint density at radius 2 is 1.81 bits per heavy atom. The molecule has 0 saturated carbocycles. The lowest BCUT2D eigenvalue weighted by Gasteiger charge is -2.17. The first kappa shape index (κ1) is 23.6. The van der Waals surface area contributed by atoms with Crippen LogP contribution in [0.2, 0.25) is 0 Å². The number of amides is 2. The van der Waals surface area contributed by atoms with E-state index < -0.39 is 23.6 Å². The highest BCUT2D eigenvalue weighted by Crippen LogP contribution is 2.31. The molecule has 1 atom stereocenters. The normalized spacial score (nSPS) is 16.7. The van der Waals surface area contributed by atoms with Crippen molar-refractivity contribution in [3.8, 4) is 0 Å². The Labute approximate surface area is 185 Å². The standard InChI is InChI=1S/C23H27F3N4O2/c1-2-15-3-5-16(6-4-15)13-30-10-9-18(14-30)29-21(31)12-28-22(32)19-11-17(23(24,25)26)7-8-20(19)27/h3-8,11,18H,2,9-10,12-14,27H2,1H3,(H,28,32)(H,29,31)/t18-/m1/s1. The summed E-state index contributed by atoms with van der Waals surface area (Å²) in [5.41, 5.74) is 6.75. The third-order valence-electron chi connectivity index (χ3n) is 5.51. The van der Waals surface area contributed by atoms with Gasteiger partial charge in [-0.1, -0.05) is 31.2 Å². The van der Waals surface area contributed by atoms with Crippen molar-refractivity contribution < 1.29 is 22.8 Å². The molecule has 2 aromatic carbocycles. The van der Waals surface area contributed by atoms with Gasteiger partial charge in [0.25, 0.3) is 5.91 Å². The van der Waals surface area contributed by atoms with Gasteiger partial charge in [-0.25, -0.2) is 0 Å². The van der Waals surface area contributed by atoms with E-state index in [0.717, 1.165) is 38.1 Å². The van der Waals surface area contributed by atoms with Crippen LogP contribution in [0.3, 0.4) is 0 Å². The zero-order valence-electron chi connectivity index (χ0n) is 17.8. The third kappa shape index (κ3) is 6.23. The number of likely N-dealkylation sites (tertiary alicyclic amines) is 1. The number of benzene rings is 2. The van der Waals surface area contributed by atoms with Crippen molar-refractivity contribution in [2.75, 3.05) is 25.4 Å². The van der Waals surface area contributed by atoms with Gasteiger partial charge < -0.3 is 16.4 Å². The molecule has 2 amide bonds. The van der Waals surface area contributed by atoms with Crippen LogP contribution >= 0.6 is 0 Å². The van der Waals surface area contributed by atoms with E-state index in [-0.39, 0.29) is 23.8 Å². The lowest BCUT2D eigenvalue weighted by atomic mass is 10.1. The lowest BCUT2D eigenvalue weighted by Crippen LogP contribution is -2.43. The Morgan fingerprint density at radius 3 is 2.47 bits per heavy atom. The molecule has 9 heteroatoms. The highest BCUT2D eigenvalue weighted by Gasteiger charge is 2.31. The van der Waals surface area contributed by atoms with Crippen LogP contribution < -0.4 is 16.4 Å². The number of alkyl halides is 3. The number of hydrogen-bond donors (Lipinski definition) is 3. The van der Waals surface area contributed by atoms with Crippen LogP contribution in [0.5, 0.6) is 0 Å². The number of aryl methyl sites for hydroxylation is 1. The molecule has 0 radical (unpaired) electrons. The number of hydrogen-bond acceptors (Lipinski definition) is 4. The summed E-state index contributed by atoms with van der Waals surface area (Å²) in [6.07, 6.45) is -2.81. The molecule has 0 aliphatic carbocycles. The fourth-order valence-corrected chi connectivity index (χ4v) is 3.70.